The van der Waals surface area contributed by atoms with E-state index in [1.165, 1.54) is 11.8 Å². The third-order valence-electron chi connectivity index (χ3n) is 5.25. The second-order valence-electron chi connectivity index (χ2n) is 8.08. The molecule has 1 aromatic rings. The molecule has 0 radical (unpaired) electrons. The van der Waals surface area contributed by atoms with Gasteiger partial charge in [0.2, 0.25) is 5.91 Å². The summed E-state index contributed by atoms with van der Waals surface area (Å²) in [5.41, 5.74) is 8.46. The molecule has 0 aromatic heterocycles. The standard InChI is InChI=1S/C22H25N3O2S/c1-4-14-15(12-23)21(25-16-10-22(2,3)11-17(26)18(14)16)28-19(20(24)27)13-8-6-5-7-9-13/h5-9,14,19,25H,4,10-11H2,1-3H3,(H2,24,27)/t14-,19+/m0/s1. The van der Waals surface area contributed by atoms with Crippen molar-refractivity contribution >= 4 is 23.5 Å². The van der Waals surface area contributed by atoms with Crippen LogP contribution in [0.2, 0.25) is 0 Å². The van der Waals surface area contributed by atoms with E-state index in [0.29, 0.717) is 23.4 Å². The first-order valence-electron chi connectivity index (χ1n) is 9.46. The van der Waals surface area contributed by atoms with Gasteiger partial charge in [0.1, 0.15) is 5.25 Å². The minimum atomic E-state index is -0.612. The van der Waals surface area contributed by atoms with Gasteiger partial charge in [-0.15, -0.1) is 0 Å². The number of hydrogen-bond acceptors (Lipinski definition) is 5. The number of carbonyl (C=O) groups is 2. The minimum absolute atomic E-state index is 0.108. The van der Waals surface area contributed by atoms with E-state index < -0.39 is 11.2 Å². The van der Waals surface area contributed by atoms with Crippen molar-refractivity contribution in [2.45, 2.75) is 45.3 Å². The van der Waals surface area contributed by atoms with Crippen molar-refractivity contribution in [2.24, 2.45) is 17.1 Å². The Morgan fingerprint density at radius 3 is 2.61 bits per heavy atom. The molecule has 3 N–H and O–H groups in total. The van der Waals surface area contributed by atoms with Crippen LogP contribution in [0.3, 0.4) is 0 Å². The number of benzene rings is 1. The summed E-state index contributed by atoms with van der Waals surface area (Å²) in [4.78, 5) is 25.0. The molecule has 2 aliphatic rings. The Morgan fingerprint density at radius 1 is 1.36 bits per heavy atom. The maximum absolute atomic E-state index is 12.8. The number of dihydropyridines is 1. The van der Waals surface area contributed by atoms with Crippen LogP contribution in [0.5, 0.6) is 0 Å². The van der Waals surface area contributed by atoms with Gasteiger partial charge >= 0.3 is 0 Å². The van der Waals surface area contributed by atoms with Crippen LogP contribution < -0.4 is 11.1 Å². The van der Waals surface area contributed by atoms with Gasteiger partial charge in [-0.3, -0.25) is 9.59 Å². The van der Waals surface area contributed by atoms with Crippen LogP contribution in [0.4, 0.5) is 0 Å². The van der Waals surface area contributed by atoms with Gasteiger partial charge in [-0.2, -0.15) is 5.26 Å². The minimum Gasteiger partial charge on any atom is -0.368 e. The van der Waals surface area contributed by atoms with Crippen LogP contribution in [0.1, 0.15) is 50.8 Å². The lowest BCUT2D eigenvalue weighted by Crippen LogP contribution is -2.37. The first-order valence-corrected chi connectivity index (χ1v) is 10.3. The molecule has 0 saturated carbocycles. The van der Waals surface area contributed by atoms with Crippen molar-refractivity contribution in [3.63, 3.8) is 0 Å². The van der Waals surface area contributed by atoms with Crippen molar-refractivity contribution in [3.8, 4) is 6.07 Å². The van der Waals surface area contributed by atoms with Crippen molar-refractivity contribution < 1.29 is 9.59 Å². The molecule has 0 bridgehead atoms. The highest BCUT2D eigenvalue weighted by molar-refractivity contribution is 8.03. The number of carbonyl (C=O) groups excluding carboxylic acids is 2. The van der Waals surface area contributed by atoms with Crippen molar-refractivity contribution in [1.29, 1.82) is 5.26 Å². The first kappa shape index (κ1) is 20.2. The van der Waals surface area contributed by atoms with E-state index in [1.54, 1.807) is 0 Å². The average Bonchev–Trinajstić information content (AvgIpc) is 2.64. The molecule has 1 aliphatic heterocycles. The Hall–Kier alpha value is -2.52. The zero-order chi connectivity index (χ0) is 20.5. The van der Waals surface area contributed by atoms with Gasteiger partial charge in [0.05, 0.1) is 16.7 Å². The van der Waals surface area contributed by atoms with Gasteiger partial charge < -0.3 is 11.1 Å². The summed E-state index contributed by atoms with van der Waals surface area (Å²) < 4.78 is 0. The maximum atomic E-state index is 12.8. The second kappa shape index (κ2) is 7.84. The highest BCUT2D eigenvalue weighted by atomic mass is 32.2. The number of nitriles is 1. The van der Waals surface area contributed by atoms with Crippen molar-refractivity contribution in [1.82, 2.24) is 5.32 Å². The van der Waals surface area contributed by atoms with Gasteiger partial charge in [0, 0.05) is 23.6 Å². The smallest absolute Gasteiger partial charge is 0.235 e. The molecular weight excluding hydrogens is 370 g/mol. The number of primary amides is 1. The molecular formula is C22H25N3O2S. The van der Waals surface area contributed by atoms with Crippen LogP contribution in [-0.4, -0.2) is 11.7 Å². The number of thioether (sulfide) groups is 1. The fourth-order valence-corrected chi connectivity index (χ4v) is 5.17. The van der Waals surface area contributed by atoms with Gasteiger partial charge in [-0.1, -0.05) is 62.9 Å². The number of rotatable bonds is 5. The number of nitrogens with two attached hydrogens (primary N) is 1. The summed E-state index contributed by atoms with van der Waals surface area (Å²) in [6.07, 6.45) is 1.88. The predicted molar refractivity (Wildman–Crippen MR) is 111 cm³/mol. The molecule has 0 spiro atoms. The summed E-state index contributed by atoms with van der Waals surface area (Å²) in [6, 6.07) is 11.6. The van der Waals surface area contributed by atoms with Gasteiger partial charge in [0.25, 0.3) is 0 Å². The number of allylic oxidation sites excluding steroid dienone is 3. The third kappa shape index (κ3) is 3.85. The van der Waals surface area contributed by atoms with E-state index in [-0.39, 0.29) is 17.1 Å². The van der Waals surface area contributed by atoms with E-state index in [9.17, 15) is 14.9 Å². The zero-order valence-corrected chi connectivity index (χ0v) is 17.2. The quantitative estimate of drug-likeness (QED) is 0.787. The van der Waals surface area contributed by atoms with Crippen molar-refractivity contribution in [2.75, 3.05) is 0 Å². The molecule has 0 fully saturated rings. The van der Waals surface area contributed by atoms with Gasteiger partial charge in [0.15, 0.2) is 5.78 Å². The molecule has 1 aromatic carbocycles. The number of nitrogens with zero attached hydrogens (tertiary/aromatic N) is 1. The second-order valence-corrected chi connectivity index (χ2v) is 9.20. The van der Waals surface area contributed by atoms with Crippen LogP contribution in [0, 0.1) is 22.7 Å². The largest absolute Gasteiger partial charge is 0.368 e. The Labute approximate surface area is 170 Å². The Morgan fingerprint density at radius 2 is 2.04 bits per heavy atom. The first-order chi connectivity index (χ1) is 13.3. The number of Topliss-reactive ketones (excluding diaryl/α,β-unsaturated/α-hetero) is 1. The maximum Gasteiger partial charge on any atom is 0.235 e. The van der Waals surface area contributed by atoms with E-state index in [1.807, 2.05) is 37.3 Å². The molecule has 1 aliphatic carbocycles. The number of hydrogen-bond donors (Lipinski definition) is 2. The number of nitrogens with one attached hydrogen (secondary N) is 1. The lowest BCUT2D eigenvalue weighted by molar-refractivity contribution is -0.119. The summed E-state index contributed by atoms with van der Waals surface area (Å²) in [5, 5.41) is 13.2. The van der Waals surface area contributed by atoms with E-state index in [0.717, 1.165) is 23.3 Å². The SMILES string of the molecule is CC[C@H]1C(C#N)=C(S[C@@H](C(N)=O)c2ccccc2)NC2=C1C(=O)CC(C)(C)C2. The molecule has 5 nitrogen and oxygen atoms in total. The molecule has 1 heterocycles. The highest BCUT2D eigenvalue weighted by Crippen LogP contribution is 2.47. The van der Waals surface area contributed by atoms with Crippen LogP contribution >= 0.6 is 11.8 Å². The molecule has 6 heteroatoms. The van der Waals surface area contributed by atoms with E-state index >= 15 is 0 Å². The Kier molecular flexibility index (Phi) is 5.66. The van der Waals surface area contributed by atoms with Crippen LogP contribution in [0.25, 0.3) is 0 Å². The molecule has 0 saturated heterocycles. The molecule has 28 heavy (non-hydrogen) atoms. The summed E-state index contributed by atoms with van der Waals surface area (Å²) in [7, 11) is 0. The third-order valence-corrected chi connectivity index (χ3v) is 6.55. The molecule has 3 rings (SSSR count). The summed E-state index contributed by atoms with van der Waals surface area (Å²) >= 11 is 1.26. The lowest BCUT2D eigenvalue weighted by atomic mass is 9.70. The Bertz CT molecular complexity index is 909. The molecule has 146 valence electrons. The summed E-state index contributed by atoms with van der Waals surface area (Å²) in [5.74, 6) is -0.593. The van der Waals surface area contributed by atoms with E-state index in [2.05, 4.69) is 25.2 Å². The molecule has 1 amide bonds. The topological polar surface area (TPSA) is 96.0 Å². The fourth-order valence-electron chi connectivity index (χ4n) is 4.02. The van der Waals surface area contributed by atoms with Crippen molar-refractivity contribution in [3.05, 3.63) is 57.8 Å². The Balaban J connectivity index is 2.01. The highest BCUT2D eigenvalue weighted by Gasteiger charge is 2.41. The van der Waals surface area contributed by atoms with Gasteiger partial charge in [-0.25, -0.2) is 0 Å². The zero-order valence-electron chi connectivity index (χ0n) is 16.4. The van der Waals surface area contributed by atoms with Gasteiger partial charge in [-0.05, 0) is 23.8 Å². The predicted octanol–water partition coefficient (Wildman–Crippen LogP) is 3.95. The number of amides is 1. The van der Waals surface area contributed by atoms with E-state index in [4.69, 9.17) is 5.73 Å². The van der Waals surface area contributed by atoms with Crippen LogP contribution in [-0.2, 0) is 9.59 Å². The molecule has 0 unspecified atom stereocenters. The van der Waals surface area contributed by atoms with Crippen LogP contribution in [0.15, 0.2) is 52.2 Å². The monoisotopic (exact) mass is 395 g/mol. The average molecular weight is 396 g/mol. The summed E-state index contributed by atoms with van der Waals surface area (Å²) in [6.45, 7) is 6.13. The molecule has 2 atom stereocenters. The number of ketones is 1. The lowest BCUT2D eigenvalue weighted by Gasteiger charge is -2.39. The normalized spacial score (nSPS) is 22.2. The fraction of sp³-hybridized carbons (Fsp3) is 0.409.